The molecular weight excluding hydrogens is 252 g/mol. The van der Waals surface area contributed by atoms with E-state index in [4.69, 9.17) is 9.84 Å². The number of aliphatic carboxylic acids is 1. The molecule has 1 heterocycles. The Hall–Kier alpha value is -1.34. The lowest BCUT2D eigenvalue weighted by atomic mass is 9.89. The van der Waals surface area contributed by atoms with E-state index in [1.807, 2.05) is 6.92 Å². The number of carboxylic acid groups (broad SMARTS) is 1. The molecule has 2 rings (SSSR count). The molecule has 7 heteroatoms. The van der Waals surface area contributed by atoms with Crippen LogP contribution in [-0.2, 0) is 9.53 Å². The molecule has 1 aliphatic carbocycles. The van der Waals surface area contributed by atoms with E-state index >= 15 is 0 Å². The fourth-order valence-electron chi connectivity index (χ4n) is 2.59. The predicted octanol–water partition coefficient (Wildman–Crippen LogP) is -0.217. The zero-order valence-electron chi connectivity index (χ0n) is 10.9. The number of hydrogen-bond donors (Lipinski definition) is 3. The van der Waals surface area contributed by atoms with Crippen molar-refractivity contribution >= 4 is 12.0 Å². The molecule has 2 atom stereocenters. The molecule has 3 N–H and O–H groups in total. The van der Waals surface area contributed by atoms with Crippen LogP contribution >= 0.6 is 0 Å². The largest absolute Gasteiger partial charge is 0.480 e. The summed E-state index contributed by atoms with van der Waals surface area (Å²) in [5.41, 5.74) is 0. The SMILES string of the molecule is CCOC1CC(NC(=O)N2C[C@H](O)C[C@H]2C(=O)O)C1. The van der Waals surface area contributed by atoms with E-state index in [-0.39, 0.29) is 25.1 Å². The zero-order valence-corrected chi connectivity index (χ0v) is 10.9. The highest BCUT2D eigenvalue weighted by Gasteiger charge is 2.40. The number of carbonyl (C=O) groups is 2. The van der Waals surface area contributed by atoms with Gasteiger partial charge in [0.2, 0.25) is 0 Å². The van der Waals surface area contributed by atoms with E-state index in [2.05, 4.69) is 5.32 Å². The number of rotatable bonds is 4. The van der Waals surface area contributed by atoms with E-state index in [1.165, 1.54) is 4.90 Å². The van der Waals surface area contributed by atoms with E-state index in [9.17, 15) is 14.7 Å². The molecule has 0 aromatic rings. The molecule has 0 unspecified atom stereocenters. The molecule has 2 aliphatic rings. The van der Waals surface area contributed by atoms with Crippen molar-refractivity contribution in [2.45, 2.75) is 50.5 Å². The molecule has 7 nitrogen and oxygen atoms in total. The van der Waals surface area contributed by atoms with Gasteiger partial charge in [0.1, 0.15) is 6.04 Å². The minimum Gasteiger partial charge on any atom is -0.480 e. The van der Waals surface area contributed by atoms with Gasteiger partial charge in [-0.25, -0.2) is 9.59 Å². The van der Waals surface area contributed by atoms with Crippen molar-refractivity contribution in [3.63, 3.8) is 0 Å². The Morgan fingerprint density at radius 2 is 2.05 bits per heavy atom. The minimum absolute atomic E-state index is 0.0382. The summed E-state index contributed by atoms with van der Waals surface area (Å²) in [7, 11) is 0. The standard InChI is InChI=1S/C12H20N2O5/c1-2-19-9-3-7(4-9)13-12(18)14-6-8(15)5-10(14)11(16)17/h7-10,15H,2-6H2,1H3,(H,13,18)(H,16,17)/t7?,8-,9?,10+/m1/s1. The molecule has 1 saturated heterocycles. The van der Waals surface area contributed by atoms with Crippen molar-refractivity contribution in [3.8, 4) is 0 Å². The van der Waals surface area contributed by atoms with Crippen LogP contribution < -0.4 is 5.32 Å². The third kappa shape index (κ3) is 3.16. The van der Waals surface area contributed by atoms with Crippen molar-refractivity contribution in [2.75, 3.05) is 13.2 Å². The van der Waals surface area contributed by atoms with Crippen LogP contribution in [0.15, 0.2) is 0 Å². The van der Waals surface area contributed by atoms with E-state index in [0.29, 0.717) is 6.61 Å². The zero-order chi connectivity index (χ0) is 14.0. The lowest BCUT2D eigenvalue weighted by Gasteiger charge is -2.36. The lowest BCUT2D eigenvalue weighted by Crippen LogP contribution is -2.54. The molecule has 0 radical (unpaired) electrons. The van der Waals surface area contributed by atoms with Crippen LogP contribution in [0.3, 0.4) is 0 Å². The molecule has 19 heavy (non-hydrogen) atoms. The molecular formula is C12H20N2O5. The van der Waals surface area contributed by atoms with Crippen LogP contribution in [0.1, 0.15) is 26.2 Å². The predicted molar refractivity (Wildman–Crippen MR) is 65.7 cm³/mol. The maximum atomic E-state index is 12.0. The average molecular weight is 272 g/mol. The van der Waals surface area contributed by atoms with Crippen molar-refractivity contribution in [3.05, 3.63) is 0 Å². The molecule has 1 aliphatic heterocycles. The molecule has 0 aromatic carbocycles. The molecule has 1 saturated carbocycles. The van der Waals surface area contributed by atoms with Gasteiger partial charge in [0.25, 0.3) is 0 Å². The van der Waals surface area contributed by atoms with Crippen LogP contribution in [0.25, 0.3) is 0 Å². The molecule has 2 fully saturated rings. The van der Waals surface area contributed by atoms with Gasteiger partial charge in [0.15, 0.2) is 0 Å². The van der Waals surface area contributed by atoms with E-state index < -0.39 is 24.1 Å². The number of ether oxygens (including phenoxy) is 1. The van der Waals surface area contributed by atoms with Crippen LogP contribution in [0.2, 0.25) is 0 Å². The van der Waals surface area contributed by atoms with Gasteiger partial charge in [-0.1, -0.05) is 0 Å². The summed E-state index contributed by atoms with van der Waals surface area (Å²) < 4.78 is 5.39. The highest BCUT2D eigenvalue weighted by molar-refractivity contribution is 5.83. The normalized spacial score (nSPS) is 33.9. The van der Waals surface area contributed by atoms with Crippen LogP contribution in [-0.4, -0.2) is 64.6 Å². The van der Waals surface area contributed by atoms with Gasteiger partial charge in [-0.15, -0.1) is 0 Å². The average Bonchev–Trinajstić information content (AvgIpc) is 2.68. The fraction of sp³-hybridized carbons (Fsp3) is 0.833. The van der Waals surface area contributed by atoms with Gasteiger partial charge in [-0.05, 0) is 19.8 Å². The number of urea groups is 1. The number of carbonyl (C=O) groups excluding carboxylic acids is 1. The molecule has 2 amide bonds. The fourth-order valence-corrected chi connectivity index (χ4v) is 2.59. The summed E-state index contributed by atoms with van der Waals surface area (Å²) in [5.74, 6) is -1.08. The Labute approximate surface area is 111 Å². The summed E-state index contributed by atoms with van der Waals surface area (Å²) in [6, 6.07) is -1.31. The Balaban J connectivity index is 1.81. The van der Waals surface area contributed by atoms with Gasteiger partial charge in [-0.2, -0.15) is 0 Å². The van der Waals surface area contributed by atoms with Crippen LogP contribution in [0, 0.1) is 0 Å². The summed E-state index contributed by atoms with van der Waals surface area (Å²) in [6.45, 7) is 2.66. The van der Waals surface area contributed by atoms with Gasteiger partial charge in [0, 0.05) is 25.6 Å². The molecule has 0 bridgehead atoms. The number of hydrogen-bond acceptors (Lipinski definition) is 4. The van der Waals surface area contributed by atoms with Gasteiger partial charge in [0.05, 0.1) is 12.2 Å². The van der Waals surface area contributed by atoms with Crippen molar-refractivity contribution < 1.29 is 24.5 Å². The molecule has 0 spiro atoms. The first-order chi connectivity index (χ1) is 9.01. The summed E-state index contributed by atoms with van der Waals surface area (Å²) in [5, 5.41) is 21.3. The summed E-state index contributed by atoms with van der Waals surface area (Å²) >= 11 is 0. The van der Waals surface area contributed by atoms with Crippen molar-refractivity contribution in [2.24, 2.45) is 0 Å². The number of amides is 2. The lowest BCUT2D eigenvalue weighted by molar-refractivity contribution is -0.141. The number of nitrogens with one attached hydrogen (secondary N) is 1. The topological polar surface area (TPSA) is 99.1 Å². The van der Waals surface area contributed by atoms with Gasteiger partial charge >= 0.3 is 12.0 Å². The number of carboxylic acids is 1. The third-order valence-corrected chi connectivity index (χ3v) is 3.65. The number of likely N-dealkylation sites (tertiary alicyclic amines) is 1. The van der Waals surface area contributed by atoms with Crippen LogP contribution in [0.4, 0.5) is 4.79 Å². The second-order valence-electron chi connectivity index (χ2n) is 5.09. The monoisotopic (exact) mass is 272 g/mol. The first-order valence-electron chi connectivity index (χ1n) is 6.60. The van der Waals surface area contributed by atoms with Crippen molar-refractivity contribution in [1.29, 1.82) is 0 Å². The number of β-amino-alcohol motifs (C(OH)–C–C–N with tert-alkyl or cyclic N) is 1. The first-order valence-corrected chi connectivity index (χ1v) is 6.60. The quantitative estimate of drug-likeness (QED) is 0.657. The first kappa shape index (κ1) is 14.1. The highest BCUT2D eigenvalue weighted by Crippen LogP contribution is 2.24. The minimum atomic E-state index is -1.08. The maximum Gasteiger partial charge on any atom is 0.326 e. The Kier molecular flexibility index (Phi) is 4.26. The number of aliphatic hydroxyl groups excluding tert-OH is 1. The Morgan fingerprint density at radius 3 is 2.63 bits per heavy atom. The van der Waals surface area contributed by atoms with Crippen molar-refractivity contribution in [1.82, 2.24) is 10.2 Å². The molecule has 108 valence electrons. The Morgan fingerprint density at radius 1 is 1.37 bits per heavy atom. The second kappa shape index (κ2) is 5.75. The second-order valence-corrected chi connectivity index (χ2v) is 5.09. The smallest absolute Gasteiger partial charge is 0.326 e. The number of aliphatic hydroxyl groups is 1. The van der Waals surface area contributed by atoms with Gasteiger partial charge in [-0.3, -0.25) is 0 Å². The van der Waals surface area contributed by atoms with E-state index in [1.54, 1.807) is 0 Å². The highest BCUT2D eigenvalue weighted by atomic mass is 16.5. The Bertz CT molecular complexity index is 356. The van der Waals surface area contributed by atoms with Crippen LogP contribution in [0.5, 0.6) is 0 Å². The molecule has 0 aromatic heterocycles. The van der Waals surface area contributed by atoms with E-state index in [0.717, 1.165) is 12.8 Å². The summed E-state index contributed by atoms with van der Waals surface area (Å²) in [6.07, 6.45) is 1.04. The summed E-state index contributed by atoms with van der Waals surface area (Å²) in [4.78, 5) is 24.2. The number of nitrogens with zero attached hydrogens (tertiary/aromatic N) is 1. The maximum absolute atomic E-state index is 12.0. The third-order valence-electron chi connectivity index (χ3n) is 3.65. The van der Waals surface area contributed by atoms with Gasteiger partial charge < -0.3 is 25.2 Å².